The van der Waals surface area contributed by atoms with Gasteiger partial charge < -0.3 is 10.2 Å². The maximum absolute atomic E-state index is 12.2. The third-order valence-corrected chi connectivity index (χ3v) is 4.38. The van der Waals surface area contributed by atoms with Crippen LogP contribution in [0.1, 0.15) is 22.3 Å². The molecule has 0 saturated carbocycles. The number of hydrogen-bond donors (Lipinski definition) is 2. The summed E-state index contributed by atoms with van der Waals surface area (Å²) in [5.74, 6) is -0.191. The van der Waals surface area contributed by atoms with Gasteiger partial charge in [0, 0.05) is 36.2 Å². The molecule has 26 heavy (non-hydrogen) atoms. The van der Waals surface area contributed by atoms with Crippen LogP contribution >= 0.6 is 28.1 Å². The molecule has 5 nitrogen and oxygen atoms in total. The molecule has 0 aromatic heterocycles. The molecule has 0 saturated heterocycles. The molecule has 7 heteroatoms. The normalized spacial score (nSPS) is 10.1. The van der Waals surface area contributed by atoms with Crippen molar-refractivity contribution >= 4 is 50.8 Å². The highest BCUT2D eigenvalue weighted by atomic mass is 79.9. The molecule has 0 heterocycles. The van der Waals surface area contributed by atoms with Gasteiger partial charge in [0.2, 0.25) is 5.91 Å². The van der Waals surface area contributed by atoms with Gasteiger partial charge in [-0.3, -0.25) is 14.9 Å². The van der Waals surface area contributed by atoms with Crippen LogP contribution in [0, 0.1) is 0 Å². The number of thiocarbonyl (C=S) groups is 1. The third kappa shape index (κ3) is 6.24. The van der Waals surface area contributed by atoms with E-state index in [1.807, 2.05) is 24.3 Å². The monoisotopic (exact) mass is 433 g/mol. The number of hydrogen-bond acceptors (Lipinski definition) is 3. The van der Waals surface area contributed by atoms with Gasteiger partial charge in [0.1, 0.15) is 0 Å². The van der Waals surface area contributed by atoms with E-state index in [0.717, 1.165) is 15.7 Å². The van der Waals surface area contributed by atoms with Crippen LogP contribution in [0.2, 0.25) is 0 Å². The number of halogens is 1. The predicted octanol–water partition coefficient (Wildman–Crippen LogP) is 3.60. The van der Waals surface area contributed by atoms with E-state index in [9.17, 15) is 9.59 Å². The maximum atomic E-state index is 12.2. The average Bonchev–Trinajstić information content (AvgIpc) is 2.60. The Kier molecular flexibility index (Phi) is 7.29. The molecule has 136 valence electrons. The number of nitrogens with one attached hydrogen (secondary N) is 2. The van der Waals surface area contributed by atoms with Gasteiger partial charge in [-0.25, -0.2) is 0 Å². The highest BCUT2D eigenvalue weighted by Gasteiger charge is 2.09. The Labute approximate surface area is 166 Å². The van der Waals surface area contributed by atoms with Gasteiger partial charge in [0.25, 0.3) is 5.91 Å². The molecule has 2 N–H and O–H groups in total. The highest BCUT2D eigenvalue weighted by molar-refractivity contribution is 9.10. The SMILES string of the molecule is CN(C)C(=O)CCc1cccc(NC(=S)NC(=O)c2ccc(Br)cc2)c1. The first-order chi connectivity index (χ1) is 12.3. The first-order valence-corrected chi connectivity index (χ1v) is 9.22. The number of nitrogens with zero attached hydrogens (tertiary/aromatic N) is 1. The predicted molar refractivity (Wildman–Crippen MR) is 111 cm³/mol. The summed E-state index contributed by atoms with van der Waals surface area (Å²) in [6.45, 7) is 0. The molecular weight excluding hydrogens is 414 g/mol. The lowest BCUT2D eigenvalue weighted by Crippen LogP contribution is -2.34. The molecule has 0 radical (unpaired) electrons. The van der Waals surface area contributed by atoms with E-state index >= 15 is 0 Å². The fourth-order valence-corrected chi connectivity index (χ4v) is 2.69. The van der Waals surface area contributed by atoms with Crippen LogP contribution in [0.15, 0.2) is 53.0 Å². The molecule has 2 aromatic rings. The molecule has 0 aliphatic rings. The molecule has 0 fully saturated rings. The van der Waals surface area contributed by atoms with E-state index in [4.69, 9.17) is 12.2 Å². The van der Waals surface area contributed by atoms with Gasteiger partial charge in [-0.2, -0.15) is 0 Å². The number of anilines is 1. The van der Waals surface area contributed by atoms with Gasteiger partial charge in [-0.15, -0.1) is 0 Å². The standard InChI is InChI=1S/C19H20BrN3O2S/c1-23(2)17(24)11-6-13-4-3-5-16(12-13)21-19(26)22-18(25)14-7-9-15(20)10-8-14/h3-5,7-10,12H,6,11H2,1-2H3,(H2,21,22,25,26). The van der Waals surface area contributed by atoms with E-state index in [-0.39, 0.29) is 16.9 Å². The molecule has 0 bridgehead atoms. The van der Waals surface area contributed by atoms with E-state index in [1.165, 1.54) is 0 Å². The van der Waals surface area contributed by atoms with Crippen molar-refractivity contribution in [2.45, 2.75) is 12.8 Å². The van der Waals surface area contributed by atoms with Crippen molar-refractivity contribution in [2.75, 3.05) is 19.4 Å². The van der Waals surface area contributed by atoms with Crippen LogP contribution in [0.3, 0.4) is 0 Å². The number of amides is 2. The molecular formula is C19H20BrN3O2S. The van der Waals surface area contributed by atoms with Crippen LogP contribution in [0.5, 0.6) is 0 Å². The van der Waals surface area contributed by atoms with E-state index in [1.54, 1.807) is 43.3 Å². The number of rotatable bonds is 5. The Morgan fingerprint density at radius 3 is 2.46 bits per heavy atom. The Morgan fingerprint density at radius 1 is 1.12 bits per heavy atom. The van der Waals surface area contributed by atoms with Crippen molar-refractivity contribution in [3.8, 4) is 0 Å². The molecule has 0 aliphatic carbocycles. The first kappa shape index (κ1) is 20.1. The van der Waals surface area contributed by atoms with Crippen molar-refractivity contribution in [2.24, 2.45) is 0 Å². The van der Waals surface area contributed by atoms with E-state index in [0.29, 0.717) is 18.4 Å². The molecule has 0 aliphatic heterocycles. The quantitative estimate of drug-likeness (QED) is 0.707. The van der Waals surface area contributed by atoms with Crippen molar-refractivity contribution in [3.63, 3.8) is 0 Å². The van der Waals surface area contributed by atoms with Gasteiger partial charge in [0.15, 0.2) is 5.11 Å². The largest absolute Gasteiger partial charge is 0.349 e. The molecule has 0 spiro atoms. The minimum Gasteiger partial charge on any atom is -0.349 e. The zero-order valence-corrected chi connectivity index (χ0v) is 17.0. The Hall–Kier alpha value is -2.25. The lowest BCUT2D eigenvalue weighted by molar-refractivity contribution is -0.128. The van der Waals surface area contributed by atoms with Crippen LogP contribution in [0.25, 0.3) is 0 Å². The molecule has 2 aromatic carbocycles. The minimum atomic E-state index is -0.275. The van der Waals surface area contributed by atoms with Crippen molar-refractivity contribution < 1.29 is 9.59 Å². The average molecular weight is 434 g/mol. The zero-order chi connectivity index (χ0) is 19.1. The topological polar surface area (TPSA) is 61.4 Å². The fraction of sp³-hybridized carbons (Fsp3) is 0.211. The van der Waals surface area contributed by atoms with E-state index in [2.05, 4.69) is 26.6 Å². The smallest absolute Gasteiger partial charge is 0.257 e. The summed E-state index contributed by atoms with van der Waals surface area (Å²) in [6.07, 6.45) is 1.09. The molecule has 2 rings (SSSR count). The maximum Gasteiger partial charge on any atom is 0.257 e. The second-order valence-corrected chi connectivity index (χ2v) is 7.23. The Morgan fingerprint density at radius 2 is 1.81 bits per heavy atom. The summed E-state index contributed by atoms with van der Waals surface area (Å²) < 4.78 is 0.902. The third-order valence-electron chi connectivity index (χ3n) is 3.64. The van der Waals surface area contributed by atoms with Crippen LogP contribution in [-0.2, 0) is 11.2 Å². The number of carbonyl (C=O) groups excluding carboxylic acids is 2. The lowest BCUT2D eigenvalue weighted by atomic mass is 10.1. The lowest BCUT2D eigenvalue weighted by Gasteiger charge is -2.12. The summed E-state index contributed by atoms with van der Waals surface area (Å²) >= 11 is 8.54. The summed E-state index contributed by atoms with van der Waals surface area (Å²) in [6, 6.07) is 14.6. The summed E-state index contributed by atoms with van der Waals surface area (Å²) in [7, 11) is 3.49. The van der Waals surface area contributed by atoms with Gasteiger partial charge in [0.05, 0.1) is 0 Å². The van der Waals surface area contributed by atoms with E-state index < -0.39 is 0 Å². The van der Waals surface area contributed by atoms with Crippen molar-refractivity contribution in [3.05, 3.63) is 64.1 Å². The van der Waals surface area contributed by atoms with Gasteiger partial charge in [-0.1, -0.05) is 28.1 Å². The highest BCUT2D eigenvalue weighted by Crippen LogP contribution is 2.13. The van der Waals surface area contributed by atoms with Crippen molar-refractivity contribution in [1.29, 1.82) is 0 Å². The van der Waals surface area contributed by atoms with Gasteiger partial charge in [-0.05, 0) is 60.6 Å². The number of aryl methyl sites for hydroxylation is 1. The Balaban J connectivity index is 1.92. The summed E-state index contributed by atoms with van der Waals surface area (Å²) in [5, 5.41) is 5.88. The van der Waals surface area contributed by atoms with Crippen LogP contribution < -0.4 is 10.6 Å². The Bertz CT molecular complexity index is 807. The molecule has 0 unspecified atom stereocenters. The fourth-order valence-electron chi connectivity index (χ4n) is 2.22. The molecule has 0 atom stereocenters. The number of carbonyl (C=O) groups is 2. The van der Waals surface area contributed by atoms with Crippen LogP contribution in [-0.4, -0.2) is 35.9 Å². The summed E-state index contributed by atoms with van der Waals surface area (Å²) in [5.41, 5.74) is 2.31. The number of benzene rings is 2. The molecule has 2 amide bonds. The van der Waals surface area contributed by atoms with Crippen LogP contribution in [0.4, 0.5) is 5.69 Å². The van der Waals surface area contributed by atoms with Crippen molar-refractivity contribution in [1.82, 2.24) is 10.2 Å². The second-order valence-electron chi connectivity index (χ2n) is 5.90. The minimum absolute atomic E-state index is 0.0839. The first-order valence-electron chi connectivity index (χ1n) is 8.02. The zero-order valence-electron chi connectivity index (χ0n) is 14.6. The second kappa shape index (κ2) is 9.45. The van der Waals surface area contributed by atoms with Gasteiger partial charge >= 0.3 is 0 Å². The summed E-state index contributed by atoms with van der Waals surface area (Å²) in [4.78, 5) is 25.4.